The molecule has 2 aromatic rings. The van der Waals surface area contributed by atoms with Gasteiger partial charge in [-0.1, -0.05) is 130 Å². The molecular formula is C66H105Br2N13O11. The maximum Gasteiger partial charge on any atom is 0.246 e. The Morgan fingerprint density at radius 2 is 0.663 bits per heavy atom. The number of benzene rings is 2. The first kappa shape index (κ1) is 79.7. The molecule has 92 heavy (non-hydrogen) atoms. The van der Waals surface area contributed by atoms with Gasteiger partial charge in [0.2, 0.25) is 65.0 Å². The Labute approximate surface area is 564 Å². The lowest BCUT2D eigenvalue weighted by Crippen LogP contribution is -2.61. The molecule has 24 nitrogen and oxygen atoms in total. The summed E-state index contributed by atoms with van der Waals surface area (Å²) >= 11 is 0. The average molecular weight is 1420 g/mol. The summed E-state index contributed by atoms with van der Waals surface area (Å²) in [6, 6.07) is 4.78. The molecule has 5 rings (SSSR count). The highest BCUT2D eigenvalue weighted by Crippen LogP contribution is 2.24. The molecule has 13 N–H and O–H groups in total. The van der Waals surface area contributed by atoms with Gasteiger partial charge in [-0.25, -0.2) is 0 Å². The first-order valence-electron chi connectivity index (χ1n) is 32.5. The Bertz CT molecular complexity index is 2760. The molecule has 3 heterocycles. The molecule has 0 unspecified atom stereocenters. The van der Waals surface area contributed by atoms with E-state index in [1.807, 2.05) is 53.7 Å². The minimum atomic E-state index is -1.24. The topological polar surface area (TPSA) is 355 Å². The number of rotatable bonds is 18. The maximum atomic E-state index is 15.0. The van der Waals surface area contributed by atoms with Gasteiger partial charge in [0.25, 0.3) is 0 Å². The van der Waals surface area contributed by atoms with Crippen LogP contribution < -0.4 is 59.3 Å². The summed E-state index contributed by atoms with van der Waals surface area (Å²) in [6.07, 6.45) is 2.36. The second-order valence-electron chi connectivity index (χ2n) is 26.4. The Hall–Kier alpha value is -6.51. The van der Waals surface area contributed by atoms with Crippen LogP contribution in [0.25, 0.3) is 0 Å². The number of halogens is 2. The zero-order valence-corrected chi connectivity index (χ0v) is 58.8. The predicted octanol–water partition coefficient (Wildman–Crippen LogP) is 2.91. The van der Waals surface area contributed by atoms with Crippen molar-refractivity contribution in [3.63, 3.8) is 0 Å². The number of amides is 11. The van der Waals surface area contributed by atoms with Crippen LogP contribution in [0.1, 0.15) is 151 Å². The molecule has 0 aromatic heterocycles. The van der Waals surface area contributed by atoms with Crippen LogP contribution in [0.3, 0.4) is 0 Å². The van der Waals surface area contributed by atoms with E-state index in [1.165, 1.54) is 9.80 Å². The third kappa shape index (κ3) is 24.1. The molecule has 0 spiro atoms. The SMILES string of the molecule is Br.Br.CC(C)C[C@@H]1NC(=O)[C@H](CCCN)NC(=O)[C@H](C(C)C)NC(=O)[C@@H]2CCCN2C(=O)[C@@H](Cc2ccccc2)NC(=O)[C@H](CC(C)C)NC(=O)[C@H](CCCN)NC(=O)[C@H](C(C)C)NC(=O)[C@@H]2CCCN2C(=O)[C@@H](Cc2ccccc2)NC(=O)[C@H](CC(C)C)NC1=O. The largest absolute Gasteiger partial charge is 0.343 e. The van der Waals surface area contributed by atoms with Gasteiger partial charge in [-0.15, -0.1) is 34.0 Å². The maximum absolute atomic E-state index is 15.0. The Kier molecular flexibility index (Phi) is 34.0. The number of carbonyl (C=O) groups is 11. The van der Waals surface area contributed by atoms with E-state index in [1.54, 1.807) is 76.2 Å². The highest BCUT2D eigenvalue weighted by Gasteiger charge is 2.44. The highest BCUT2D eigenvalue weighted by atomic mass is 79.9. The van der Waals surface area contributed by atoms with Crippen LogP contribution in [0.4, 0.5) is 0 Å². The second kappa shape index (κ2) is 39.3. The number of fused-ring (bicyclic) bond motifs is 2. The summed E-state index contributed by atoms with van der Waals surface area (Å²) in [4.78, 5) is 164. The fourth-order valence-corrected chi connectivity index (χ4v) is 11.8. The van der Waals surface area contributed by atoms with Crippen molar-refractivity contribution < 1.29 is 52.7 Å². The minimum Gasteiger partial charge on any atom is -0.343 e. The van der Waals surface area contributed by atoms with Gasteiger partial charge in [0.15, 0.2) is 0 Å². The van der Waals surface area contributed by atoms with Gasteiger partial charge >= 0.3 is 0 Å². The third-order valence-electron chi connectivity index (χ3n) is 16.6. The number of carbonyl (C=O) groups excluding carboxylic acids is 11. The van der Waals surface area contributed by atoms with E-state index in [-0.39, 0.29) is 149 Å². The molecule has 0 bridgehead atoms. The normalized spacial score (nSPS) is 25.9. The fourth-order valence-electron chi connectivity index (χ4n) is 11.8. The van der Waals surface area contributed by atoms with Crippen LogP contribution in [0.5, 0.6) is 0 Å². The van der Waals surface area contributed by atoms with Gasteiger partial charge in [0.1, 0.15) is 66.5 Å². The van der Waals surface area contributed by atoms with Crippen LogP contribution in [-0.4, -0.2) is 167 Å². The fraction of sp³-hybridized carbons (Fsp3) is 0.652. The van der Waals surface area contributed by atoms with Gasteiger partial charge in [-0.2, -0.15) is 0 Å². The number of nitrogens with one attached hydrogen (secondary N) is 9. The summed E-state index contributed by atoms with van der Waals surface area (Å²) < 4.78 is 0. The molecule has 3 saturated heterocycles. The molecule has 0 aliphatic carbocycles. The second-order valence-corrected chi connectivity index (χ2v) is 26.4. The first-order valence-corrected chi connectivity index (χ1v) is 32.5. The van der Waals surface area contributed by atoms with Crippen molar-refractivity contribution in [2.75, 3.05) is 26.2 Å². The molecule has 2 aromatic carbocycles. The van der Waals surface area contributed by atoms with E-state index in [0.717, 1.165) is 0 Å². The Morgan fingerprint density at radius 3 is 0.946 bits per heavy atom. The third-order valence-corrected chi connectivity index (χ3v) is 16.6. The number of nitrogens with zero attached hydrogens (tertiary/aromatic N) is 2. The van der Waals surface area contributed by atoms with Gasteiger partial charge < -0.3 is 69.1 Å². The summed E-state index contributed by atoms with van der Waals surface area (Å²) in [5, 5.41) is 25.7. The van der Waals surface area contributed by atoms with Crippen LogP contribution in [0.2, 0.25) is 0 Å². The molecule has 26 heteroatoms. The van der Waals surface area contributed by atoms with E-state index < -0.39 is 143 Å². The molecule has 514 valence electrons. The number of hydrogen-bond acceptors (Lipinski definition) is 13. The van der Waals surface area contributed by atoms with Crippen LogP contribution in [-0.2, 0) is 65.6 Å². The molecular weight excluding hydrogens is 1310 g/mol. The van der Waals surface area contributed by atoms with E-state index in [9.17, 15) is 47.9 Å². The van der Waals surface area contributed by atoms with Crippen molar-refractivity contribution in [2.24, 2.45) is 41.1 Å². The summed E-state index contributed by atoms with van der Waals surface area (Å²) in [5.41, 5.74) is 13.3. The van der Waals surface area contributed by atoms with Crippen molar-refractivity contribution in [3.8, 4) is 0 Å². The van der Waals surface area contributed by atoms with Gasteiger partial charge in [-0.05, 0) is 124 Å². The van der Waals surface area contributed by atoms with Gasteiger partial charge in [0.05, 0.1) is 0 Å². The minimum absolute atomic E-state index is 0. The Balaban J connectivity index is 0.0000110. The summed E-state index contributed by atoms with van der Waals surface area (Å²) in [7, 11) is 0. The molecule has 3 aliphatic rings. The smallest absolute Gasteiger partial charge is 0.246 e. The van der Waals surface area contributed by atoms with Crippen molar-refractivity contribution in [1.29, 1.82) is 0 Å². The van der Waals surface area contributed by atoms with Crippen LogP contribution in [0.15, 0.2) is 60.7 Å². The molecule has 11 amide bonds. The van der Waals surface area contributed by atoms with Crippen molar-refractivity contribution >= 4 is 98.9 Å². The number of hydrogen-bond donors (Lipinski definition) is 11. The van der Waals surface area contributed by atoms with E-state index in [2.05, 4.69) is 47.9 Å². The lowest BCUT2D eigenvalue weighted by atomic mass is 9.98. The van der Waals surface area contributed by atoms with Crippen LogP contribution >= 0.6 is 34.0 Å². The zero-order chi connectivity index (χ0) is 66.4. The molecule has 0 saturated carbocycles. The van der Waals surface area contributed by atoms with Crippen molar-refractivity contribution in [1.82, 2.24) is 57.7 Å². The number of nitrogens with two attached hydrogens (primary N) is 2. The van der Waals surface area contributed by atoms with Crippen molar-refractivity contribution in [2.45, 2.75) is 219 Å². The quantitative estimate of drug-likeness (QED) is 0.102. The standard InChI is InChI=1S/C66H103N13O11.2BrH/c1-38(2)33-47-58(82)73-49(35-40(5)6)60(84)75-51(37-44-23-15-12-16-24-44)66(90)79-32-20-28-53(79)62(86)77-55(42(9)10)64(88)70-46(26-18-30-68)57(81)72-48(34-39(3)4)59(83)74-50(36-43-21-13-11-14-22-43)65(89)78-31-19-27-52(78)61(85)76-54(41(7)8)63(87)69-45(25-17-29-67)56(80)71-47;;/h11-16,21-24,38-42,45-55H,17-20,25-37,67-68H2,1-10H3,(H,69,87)(H,70,88)(H,71,80)(H,72,81)(H,73,82)(H,74,83)(H,75,84)(H,76,85)(H,77,86);2*1H/t45-,46-,47-,48-,49-,50+,51+,52-,53-,54-,55-;;/m0../s1. The van der Waals surface area contributed by atoms with Gasteiger partial charge in [-0.3, -0.25) is 52.7 Å². The molecule has 3 fully saturated rings. The lowest BCUT2D eigenvalue weighted by molar-refractivity contribution is -0.143. The molecule has 3 aliphatic heterocycles. The first-order chi connectivity index (χ1) is 42.7. The zero-order valence-electron chi connectivity index (χ0n) is 55.4. The molecule has 0 radical (unpaired) electrons. The summed E-state index contributed by atoms with van der Waals surface area (Å²) in [6.45, 7) is 18.6. The van der Waals surface area contributed by atoms with E-state index in [4.69, 9.17) is 11.5 Å². The van der Waals surface area contributed by atoms with E-state index >= 15 is 4.79 Å². The lowest BCUT2D eigenvalue weighted by Gasteiger charge is -2.32. The van der Waals surface area contributed by atoms with E-state index in [0.29, 0.717) is 24.0 Å². The van der Waals surface area contributed by atoms with Gasteiger partial charge in [0, 0.05) is 25.9 Å². The molecule has 11 atom stereocenters. The Morgan fingerprint density at radius 1 is 0.380 bits per heavy atom. The predicted molar refractivity (Wildman–Crippen MR) is 362 cm³/mol. The monoisotopic (exact) mass is 1410 g/mol. The highest BCUT2D eigenvalue weighted by molar-refractivity contribution is 8.93. The average Bonchev–Trinajstić information content (AvgIpc) is 1.60. The van der Waals surface area contributed by atoms with Crippen LogP contribution in [0, 0.1) is 29.6 Å². The van der Waals surface area contributed by atoms with Crippen molar-refractivity contribution in [3.05, 3.63) is 71.8 Å². The summed E-state index contributed by atoms with van der Waals surface area (Å²) in [5.74, 6) is -8.87.